The summed E-state index contributed by atoms with van der Waals surface area (Å²) >= 11 is 0. The van der Waals surface area contributed by atoms with Crippen molar-refractivity contribution in [3.63, 3.8) is 0 Å². The first-order valence-electron chi connectivity index (χ1n) is 6.94. The summed E-state index contributed by atoms with van der Waals surface area (Å²) < 4.78 is 3.55. The Morgan fingerprint density at radius 3 is 2.50 bits per heavy atom. The second kappa shape index (κ2) is 4.81. The zero-order valence-corrected chi connectivity index (χ0v) is 11.1. The third-order valence-electron chi connectivity index (χ3n) is 4.14. The molecule has 0 saturated heterocycles. The van der Waals surface area contributed by atoms with Gasteiger partial charge >= 0.3 is 17.3 Å². The number of hydrogen-bond donors (Lipinski definition) is 1. The number of aromatic nitrogens is 3. The Bertz CT molecular complexity index is 673. The van der Waals surface area contributed by atoms with E-state index >= 15 is 0 Å². The molecular formula is C13H17N3O4. The molecular weight excluding hydrogens is 262 g/mol. The van der Waals surface area contributed by atoms with Crippen LogP contribution < -0.4 is 11.4 Å². The van der Waals surface area contributed by atoms with E-state index in [9.17, 15) is 19.5 Å². The average Bonchev–Trinajstić information content (AvgIpc) is 2.72. The lowest BCUT2D eigenvalue weighted by atomic mass is 9.95. The van der Waals surface area contributed by atoms with Crippen molar-refractivity contribution in [2.45, 2.75) is 50.7 Å². The fourth-order valence-electron chi connectivity index (χ4n) is 3.16. The number of carboxylic acid groups (broad SMARTS) is 1. The third-order valence-corrected chi connectivity index (χ3v) is 4.14. The lowest BCUT2D eigenvalue weighted by Crippen LogP contribution is -2.36. The van der Waals surface area contributed by atoms with Gasteiger partial charge in [-0.1, -0.05) is 31.4 Å². The Labute approximate surface area is 114 Å². The Hall–Kier alpha value is -2.05. The second-order valence-corrected chi connectivity index (χ2v) is 5.36. The summed E-state index contributed by atoms with van der Waals surface area (Å²) in [6.07, 6.45) is 7.82. The van der Waals surface area contributed by atoms with E-state index in [0.717, 1.165) is 36.8 Å². The van der Waals surface area contributed by atoms with E-state index in [4.69, 9.17) is 0 Å². The van der Waals surface area contributed by atoms with Gasteiger partial charge in [0.1, 0.15) is 0 Å². The van der Waals surface area contributed by atoms with Crippen molar-refractivity contribution in [2.75, 3.05) is 0 Å². The van der Waals surface area contributed by atoms with Crippen molar-refractivity contribution in [1.82, 2.24) is 13.9 Å². The molecule has 0 radical (unpaired) electrons. The molecule has 1 saturated carbocycles. The molecule has 1 N–H and O–H groups in total. The van der Waals surface area contributed by atoms with Gasteiger partial charge in [0.05, 0.1) is 6.54 Å². The Morgan fingerprint density at radius 2 is 1.85 bits per heavy atom. The van der Waals surface area contributed by atoms with Gasteiger partial charge in [0, 0.05) is 6.04 Å². The van der Waals surface area contributed by atoms with Gasteiger partial charge in [-0.25, -0.2) is 28.3 Å². The quantitative estimate of drug-likeness (QED) is 0.799. The van der Waals surface area contributed by atoms with E-state index in [2.05, 4.69) is 0 Å². The zero-order chi connectivity index (χ0) is 14.3. The molecule has 0 aromatic carbocycles. The molecule has 2 aliphatic rings. The normalized spacial score (nSPS) is 22.7. The van der Waals surface area contributed by atoms with Gasteiger partial charge in [0.25, 0.3) is 0 Å². The summed E-state index contributed by atoms with van der Waals surface area (Å²) in [6, 6.07) is -1.18. The number of carboxylic acids is 1. The van der Waals surface area contributed by atoms with Crippen LogP contribution in [-0.4, -0.2) is 25.0 Å². The van der Waals surface area contributed by atoms with Crippen molar-refractivity contribution in [3.8, 4) is 0 Å². The number of hydrogen-bond acceptors (Lipinski definition) is 3. The van der Waals surface area contributed by atoms with E-state index in [-0.39, 0.29) is 12.6 Å². The number of carbonyl (C=O) groups is 1. The first kappa shape index (κ1) is 13.0. The molecule has 1 aromatic heterocycles. The summed E-state index contributed by atoms with van der Waals surface area (Å²) in [7, 11) is 0. The van der Waals surface area contributed by atoms with Crippen LogP contribution in [0.2, 0.25) is 0 Å². The van der Waals surface area contributed by atoms with Gasteiger partial charge in [-0.15, -0.1) is 0 Å². The van der Waals surface area contributed by atoms with Crippen molar-refractivity contribution >= 4 is 5.97 Å². The fourth-order valence-corrected chi connectivity index (χ4v) is 3.16. The highest BCUT2D eigenvalue weighted by atomic mass is 16.4. The molecule has 3 rings (SSSR count). The largest absolute Gasteiger partial charge is 0.479 e. The first-order chi connectivity index (χ1) is 9.61. The predicted molar refractivity (Wildman–Crippen MR) is 70.9 cm³/mol. The van der Waals surface area contributed by atoms with E-state index in [0.29, 0.717) is 0 Å². The van der Waals surface area contributed by atoms with E-state index in [1.807, 2.05) is 0 Å². The summed E-state index contributed by atoms with van der Waals surface area (Å²) in [5.41, 5.74) is -0.892. The second-order valence-electron chi connectivity index (χ2n) is 5.36. The summed E-state index contributed by atoms with van der Waals surface area (Å²) in [5, 5.41) is 9.18. The molecule has 7 heteroatoms. The minimum atomic E-state index is -1.13. The molecule has 108 valence electrons. The Morgan fingerprint density at radius 1 is 1.15 bits per heavy atom. The van der Waals surface area contributed by atoms with Crippen LogP contribution in [0.5, 0.6) is 0 Å². The average molecular weight is 279 g/mol. The standard InChI is InChI=1S/C13H17N3O4/c17-11(18)10-7-4-8-14-12(19)15(13(20)16(10)14)9-5-2-1-3-6-9/h4,7,9-10H,1-3,5-6,8H2,(H,17,18). The minimum absolute atomic E-state index is 0.0937. The van der Waals surface area contributed by atoms with E-state index in [1.54, 1.807) is 6.08 Å². The first-order valence-corrected chi connectivity index (χ1v) is 6.94. The molecule has 0 bridgehead atoms. The summed E-state index contributed by atoms with van der Waals surface area (Å²) in [5.74, 6) is -1.13. The zero-order valence-electron chi connectivity index (χ0n) is 11.1. The predicted octanol–water partition coefficient (Wildman–Crippen LogP) is 0.512. The van der Waals surface area contributed by atoms with Crippen LogP contribution in [0.25, 0.3) is 0 Å². The molecule has 0 amide bonds. The number of rotatable bonds is 2. The highest BCUT2D eigenvalue weighted by Gasteiger charge is 2.30. The van der Waals surface area contributed by atoms with Crippen LogP contribution in [0.4, 0.5) is 0 Å². The van der Waals surface area contributed by atoms with Gasteiger partial charge in [0.15, 0.2) is 6.04 Å². The lowest BCUT2D eigenvalue weighted by Gasteiger charge is -2.20. The maximum absolute atomic E-state index is 12.5. The molecule has 7 nitrogen and oxygen atoms in total. The lowest BCUT2D eigenvalue weighted by molar-refractivity contribution is -0.140. The minimum Gasteiger partial charge on any atom is -0.479 e. The molecule has 1 unspecified atom stereocenters. The molecule has 20 heavy (non-hydrogen) atoms. The topological polar surface area (TPSA) is 86.2 Å². The van der Waals surface area contributed by atoms with Gasteiger partial charge in [-0.3, -0.25) is 0 Å². The fraction of sp³-hybridized carbons (Fsp3) is 0.615. The van der Waals surface area contributed by atoms with Gasteiger partial charge in [-0.05, 0) is 12.8 Å². The van der Waals surface area contributed by atoms with Crippen LogP contribution in [0.15, 0.2) is 21.7 Å². The summed E-state index contributed by atoms with van der Waals surface area (Å²) in [6.45, 7) is 0.248. The van der Waals surface area contributed by atoms with Crippen LogP contribution in [0, 0.1) is 0 Å². The van der Waals surface area contributed by atoms with Crippen molar-refractivity contribution < 1.29 is 9.90 Å². The van der Waals surface area contributed by atoms with Crippen molar-refractivity contribution in [3.05, 3.63) is 33.1 Å². The van der Waals surface area contributed by atoms with Crippen LogP contribution >= 0.6 is 0 Å². The van der Waals surface area contributed by atoms with Crippen LogP contribution in [-0.2, 0) is 11.3 Å². The smallest absolute Gasteiger partial charge is 0.348 e. The Balaban J connectivity index is 2.13. The maximum Gasteiger partial charge on any atom is 0.348 e. The van der Waals surface area contributed by atoms with Gasteiger partial charge in [-0.2, -0.15) is 0 Å². The third kappa shape index (κ3) is 1.85. The number of nitrogens with zero attached hydrogens (tertiary/aromatic N) is 3. The van der Waals surface area contributed by atoms with Crippen molar-refractivity contribution in [1.29, 1.82) is 0 Å². The molecule has 1 atom stereocenters. The van der Waals surface area contributed by atoms with Crippen LogP contribution in [0.3, 0.4) is 0 Å². The number of aliphatic carboxylic acids is 1. The summed E-state index contributed by atoms with van der Waals surface area (Å²) in [4.78, 5) is 36.1. The molecule has 1 fully saturated rings. The molecule has 1 aliphatic carbocycles. The van der Waals surface area contributed by atoms with Crippen molar-refractivity contribution in [2.24, 2.45) is 0 Å². The highest BCUT2D eigenvalue weighted by Crippen LogP contribution is 2.26. The van der Waals surface area contributed by atoms with E-state index in [1.165, 1.54) is 15.3 Å². The number of fused-ring (bicyclic) bond motifs is 1. The molecule has 2 heterocycles. The monoisotopic (exact) mass is 279 g/mol. The molecule has 1 aliphatic heterocycles. The number of allylic oxidation sites excluding steroid dienone is 1. The van der Waals surface area contributed by atoms with Gasteiger partial charge in [0.2, 0.25) is 0 Å². The van der Waals surface area contributed by atoms with Crippen LogP contribution in [0.1, 0.15) is 44.2 Å². The van der Waals surface area contributed by atoms with E-state index < -0.39 is 23.4 Å². The highest BCUT2D eigenvalue weighted by molar-refractivity contribution is 5.74. The van der Waals surface area contributed by atoms with Gasteiger partial charge < -0.3 is 5.11 Å². The Kier molecular flexibility index (Phi) is 3.11. The molecule has 0 spiro atoms. The SMILES string of the molecule is O=C(O)C1C=CCn2c(=O)n(C3CCCCC3)c(=O)n21. The maximum atomic E-state index is 12.5. The molecule has 1 aromatic rings.